The van der Waals surface area contributed by atoms with E-state index in [4.69, 9.17) is 5.73 Å². The van der Waals surface area contributed by atoms with Gasteiger partial charge in [-0.25, -0.2) is 0 Å². The minimum atomic E-state index is -3.28. The summed E-state index contributed by atoms with van der Waals surface area (Å²) in [6, 6.07) is -0.00720. The van der Waals surface area contributed by atoms with Crippen LogP contribution in [-0.4, -0.2) is 49.8 Å². The van der Waals surface area contributed by atoms with Gasteiger partial charge in [0.2, 0.25) is 0 Å². The number of rotatable bonds is 4. The van der Waals surface area contributed by atoms with Gasteiger partial charge in [-0.2, -0.15) is 17.0 Å². The molecule has 0 saturated carbocycles. The second-order valence-electron chi connectivity index (χ2n) is 4.59. The Labute approximate surface area is 92.4 Å². The molecule has 5 nitrogen and oxygen atoms in total. The van der Waals surface area contributed by atoms with Crippen LogP contribution in [0.5, 0.6) is 0 Å². The lowest BCUT2D eigenvalue weighted by atomic mass is 10.2. The first-order valence-corrected chi connectivity index (χ1v) is 6.70. The van der Waals surface area contributed by atoms with Crippen molar-refractivity contribution in [3.8, 4) is 0 Å². The van der Waals surface area contributed by atoms with Crippen molar-refractivity contribution in [2.24, 2.45) is 11.7 Å². The maximum atomic E-state index is 12.0. The summed E-state index contributed by atoms with van der Waals surface area (Å²) in [4.78, 5) is 0. The van der Waals surface area contributed by atoms with Gasteiger partial charge in [-0.05, 0) is 12.3 Å². The van der Waals surface area contributed by atoms with Crippen molar-refractivity contribution in [3.63, 3.8) is 0 Å². The summed E-state index contributed by atoms with van der Waals surface area (Å²) in [5, 5.41) is 0. The van der Waals surface area contributed by atoms with Gasteiger partial charge in [-0.15, -0.1) is 0 Å². The summed E-state index contributed by atoms with van der Waals surface area (Å²) in [5.41, 5.74) is 5.70. The van der Waals surface area contributed by atoms with Crippen molar-refractivity contribution in [1.82, 2.24) is 8.61 Å². The van der Waals surface area contributed by atoms with Crippen LogP contribution in [0.4, 0.5) is 0 Å². The van der Waals surface area contributed by atoms with Crippen LogP contribution >= 0.6 is 0 Å². The Hall–Kier alpha value is -0.170. The summed E-state index contributed by atoms with van der Waals surface area (Å²) >= 11 is 0. The van der Waals surface area contributed by atoms with Crippen LogP contribution < -0.4 is 5.73 Å². The zero-order chi connectivity index (χ0) is 11.6. The Balaban J connectivity index is 2.66. The van der Waals surface area contributed by atoms with Crippen LogP contribution in [0.3, 0.4) is 0 Å². The van der Waals surface area contributed by atoms with E-state index in [1.807, 2.05) is 13.8 Å². The fraction of sp³-hybridized carbons (Fsp3) is 1.00. The zero-order valence-corrected chi connectivity index (χ0v) is 10.5. The molecular weight excluding hydrogens is 214 g/mol. The first kappa shape index (κ1) is 12.9. The molecule has 15 heavy (non-hydrogen) atoms. The molecule has 2 N–H and O–H groups in total. The molecule has 1 saturated heterocycles. The van der Waals surface area contributed by atoms with Crippen LogP contribution in [0.1, 0.15) is 20.3 Å². The van der Waals surface area contributed by atoms with Crippen molar-refractivity contribution in [2.75, 3.05) is 26.7 Å². The molecule has 0 bridgehead atoms. The molecule has 1 atom stereocenters. The molecule has 0 amide bonds. The predicted molar refractivity (Wildman–Crippen MR) is 60.6 cm³/mol. The molecule has 0 radical (unpaired) electrons. The molecule has 1 unspecified atom stereocenters. The first-order chi connectivity index (χ1) is 6.84. The van der Waals surface area contributed by atoms with Crippen molar-refractivity contribution in [3.05, 3.63) is 0 Å². The van der Waals surface area contributed by atoms with Gasteiger partial charge in [0, 0.05) is 32.7 Å². The van der Waals surface area contributed by atoms with E-state index in [-0.39, 0.29) is 6.04 Å². The maximum absolute atomic E-state index is 12.0. The Kier molecular flexibility index (Phi) is 4.11. The van der Waals surface area contributed by atoms with E-state index >= 15 is 0 Å². The van der Waals surface area contributed by atoms with Crippen LogP contribution in [0, 0.1) is 5.92 Å². The van der Waals surface area contributed by atoms with Gasteiger partial charge >= 0.3 is 0 Å². The molecule has 0 aromatic carbocycles. The lowest BCUT2D eigenvalue weighted by Crippen LogP contribution is -2.43. The SMILES string of the molecule is CC(C)CN(C)S(=O)(=O)N1CCC(N)C1. The zero-order valence-electron chi connectivity index (χ0n) is 9.68. The Morgan fingerprint density at radius 3 is 2.53 bits per heavy atom. The summed E-state index contributed by atoms with van der Waals surface area (Å²) in [5.74, 6) is 0.334. The third-order valence-electron chi connectivity index (χ3n) is 2.53. The second-order valence-corrected chi connectivity index (χ2v) is 6.62. The van der Waals surface area contributed by atoms with Gasteiger partial charge in [0.25, 0.3) is 10.2 Å². The highest BCUT2D eigenvalue weighted by molar-refractivity contribution is 7.86. The molecule has 1 aliphatic heterocycles. The molecule has 0 aliphatic carbocycles. The molecular formula is C9H21N3O2S. The number of nitrogens with zero attached hydrogens (tertiary/aromatic N) is 2. The lowest BCUT2D eigenvalue weighted by molar-refractivity contribution is 0.366. The molecule has 6 heteroatoms. The summed E-state index contributed by atoms with van der Waals surface area (Å²) in [7, 11) is -1.66. The smallest absolute Gasteiger partial charge is 0.281 e. The van der Waals surface area contributed by atoms with E-state index in [0.717, 1.165) is 6.42 Å². The molecule has 1 rings (SSSR count). The molecule has 0 aromatic rings. The quantitative estimate of drug-likeness (QED) is 0.737. The topological polar surface area (TPSA) is 66.6 Å². The summed E-state index contributed by atoms with van der Waals surface area (Å²) < 4.78 is 26.9. The van der Waals surface area contributed by atoms with Crippen LogP contribution in [0.25, 0.3) is 0 Å². The molecule has 1 aliphatic rings. The fourth-order valence-electron chi connectivity index (χ4n) is 1.77. The Bertz CT molecular complexity index is 302. The summed E-state index contributed by atoms with van der Waals surface area (Å²) in [6.45, 7) is 5.55. The number of nitrogens with two attached hydrogens (primary N) is 1. The van der Waals surface area contributed by atoms with Crippen molar-refractivity contribution in [2.45, 2.75) is 26.3 Å². The van der Waals surface area contributed by atoms with Gasteiger partial charge in [0.05, 0.1) is 0 Å². The first-order valence-electron chi connectivity index (χ1n) is 5.31. The number of hydrogen-bond acceptors (Lipinski definition) is 3. The van der Waals surface area contributed by atoms with Crippen LogP contribution in [0.2, 0.25) is 0 Å². The highest BCUT2D eigenvalue weighted by Crippen LogP contribution is 2.15. The largest absolute Gasteiger partial charge is 0.326 e. The standard InChI is InChI=1S/C9H21N3O2S/c1-8(2)6-11(3)15(13,14)12-5-4-9(10)7-12/h8-9H,4-7,10H2,1-3H3. The highest BCUT2D eigenvalue weighted by Gasteiger charge is 2.32. The van der Waals surface area contributed by atoms with Gasteiger partial charge in [-0.3, -0.25) is 0 Å². The molecule has 1 fully saturated rings. The maximum Gasteiger partial charge on any atom is 0.281 e. The Morgan fingerprint density at radius 1 is 1.53 bits per heavy atom. The molecule has 90 valence electrons. The minimum absolute atomic E-state index is 0.00720. The normalized spacial score (nSPS) is 24.3. The Morgan fingerprint density at radius 2 is 2.13 bits per heavy atom. The van der Waals surface area contributed by atoms with Crippen molar-refractivity contribution in [1.29, 1.82) is 0 Å². The van der Waals surface area contributed by atoms with Crippen molar-refractivity contribution < 1.29 is 8.42 Å². The fourth-order valence-corrected chi connectivity index (χ4v) is 3.37. The van der Waals surface area contributed by atoms with E-state index in [0.29, 0.717) is 25.6 Å². The molecule has 0 aromatic heterocycles. The average Bonchev–Trinajstić information content (AvgIpc) is 2.50. The molecule has 1 heterocycles. The van der Waals surface area contributed by atoms with E-state index in [9.17, 15) is 8.42 Å². The lowest BCUT2D eigenvalue weighted by Gasteiger charge is -2.25. The van der Waals surface area contributed by atoms with Gasteiger partial charge in [0.1, 0.15) is 0 Å². The van der Waals surface area contributed by atoms with E-state index in [1.54, 1.807) is 7.05 Å². The molecule has 0 spiro atoms. The second kappa shape index (κ2) is 4.78. The monoisotopic (exact) mass is 235 g/mol. The summed E-state index contributed by atoms with van der Waals surface area (Å²) in [6.07, 6.45) is 0.759. The van der Waals surface area contributed by atoms with E-state index < -0.39 is 10.2 Å². The minimum Gasteiger partial charge on any atom is -0.326 e. The third-order valence-corrected chi connectivity index (χ3v) is 4.45. The van der Waals surface area contributed by atoms with Crippen molar-refractivity contribution >= 4 is 10.2 Å². The average molecular weight is 235 g/mol. The third kappa shape index (κ3) is 3.14. The highest BCUT2D eigenvalue weighted by atomic mass is 32.2. The van der Waals surface area contributed by atoms with Crippen LogP contribution in [0.15, 0.2) is 0 Å². The van der Waals surface area contributed by atoms with E-state index in [1.165, 1.54) is 8.61 Å². The van der Waals surface area contributed by atoms with Gasteiger partial charge < -0.3 is 5.73 Å². The van der Waals surface area contributed by atoms with E-state index in [2.05, 4.69) is 0 Å². The number of hydrogen-bond donors (Lipinski definition) is 1. The van der Waals surface area contributed by atoms with Gasteiger partial charge in [-0.1, -0.05) is 13.8 Å². The van der Waals surface area contributed by atoms with Gasteiger partial charge in [0.15, 0.2) is 0 Å². The van der Waals surface area contributed by atoms with Crippen LogP contribution in [-0.2, 0) is 10.2 Å². The predicted octanol–water partition coefficient (Wildman–Crippen LogP) is -0.148.